The lowest BCUT2D eigenvalue weighted by Crippen LogP contribution is -2.29. The van der Waals surface area contributed by atoms with Crippen LogP contribution in [0.2, 0.25) is 0 Å². The van der Waals surface area contributed by atoms with Gasteiger partial charge in [-0.25, -0.2) is 0 Å². The number of aliphatic hydroxyl groups is 2. The van der Waals surface area contributed by atoms with Gasteiger partial charge in [-0.2, -0.15) is 0 Å². The first-order valence-corrected chi connectivity index (χ1v) is 6.82. The fourth-order valence-corrected chi connectivity index (χ4v) is 2.29. The predicted molar refractivity (Wildman–Crippen MR) is 84.3 cm³/mol. The van der Waals surface area contributed by atoms with Gasteiger partial charge in [-0.05, 0) is 24.3 Å². The van der Waals surface area contributed by atoms with Crippen molar-refractivity contribution in [3.8, 4) is 16.9 Å². The number of hydrogen-bond donors (Lipinski definition) is 4. The van der Waals surface area contributed by atoms with Gasteiger partial charge >= 0.3 is 0 Å². The number of rotatable bonds is 6. The second-order valence-corrected chi connectivity index (χ2v) is 4.72. The molecule has 0 bridgehead atoms. The monoisotopic (exact) mass is 288 g/mol. The Morgan fingerprint density at radius 2 is 1.57 bits per heavy atom. The zero-order valence-corrected chi connectivity index (χ0v) is 11.7. The smallest absolute Gasteiger partial charge is 0.123 e. The minimum absolute atomic E-state index is 0.00367. The van der Waals surface area contributed by atoms with E-state index >= 15 is 0 Å². The molecule has 2 aromatic rings. The van der Waals surface area contributed by atoms with E-state index in [1.165, 1.54) is 0 Å². The summed E-state index contributed by atoms with van der Waals surface area (Å²) in [7, 11) is 0. The first-order chi connectivity index (χ1) is 10.2. The molecule has 0 saturated carbocycles. The lowest BCUT2D eigenvalue weighted by atomic mass is 10.0. The summed E-state index contributed by atoms with van der Waals surface area (Å²) in [6.07, 6.45) is 0. The number of phenolic OH excluding ortho intramolecular Hbond substituents is 1. The van der Waals surface area contributed by atoms with Crippen molar-refractivity contribution >= 4 is 11.4 Å². The summed E-state index contributed by atoms with van der Waals surface area (Å²) in [5, 5.41) is 28.2. The van der Waals surface area contributed by atoms with Gasteiger partial charge in [-0.1, -0.05) is 18.2 Å². The second-order valence-electron chi connectivity index (χ2n) is 4.72. The molecule has 2 rings (SSSR count). The standard InChI is InChI=1S/C16H20N2O3/c17-15-6-5-12(18(7-9-19)8-10-20)11-14(15)13-3-1-2-4-16(13)21/h1-6,11,19-21H,7-10,17H2. The summed E-state index contributed by atoms with van der Waals surface area (Å²) < 4.78 is 0. The van der Waals surface area contributed by atoms with Gasteiger partial charge in [0, 0.05) is 35.6 Å². The fourth-order valence-electron chi connectivity index (χ4n) is 2.29. The summed E-state index contributed by atoms with van der Waals surface area (Å²) in [6, 6.07) is 12.5. The number of anilines is 2. The number of para-hydroxylation sites is 1. The Kier molecular flexibility index (Phi) is 5.03. The van der Waals surface area contributed by atoms with Crippen LogP contribution in [-0.2, 0) is 0 Å². The number of hydrogen-bond acceptors (Lipinski definition) is 5. The summed E-state index contributed by atoms with van der Waals surface area (Å²) in [5.41, 5.74) is 8.80. The fraction of sp³-hybridized carbons (Fsp3) is 0.250. The van der Waals surface area contributed by atoms with Gasteiger partial charge < -0.3 is 26.0 Å². The lowest BCUT2D eigenvalue weighted by Gasteiger charge is -2.24. The molecule has 0 radical (unpaired) electrons. The summed E-state index contributed by atoms with van der Waals surface area (Å²) in [6.45, 7) is 0.835. The average Bonchev–Trinajstić information content (AvgIpc) is 2.48. The molecule has 0 amide bonds. The van der Waals surface area contributed by atoms with E-state index in [-0.39, 0.29) is 19.0 Å². The zero-order chi connectivity index (χ0) is 15.2. The van der Waals surface area contributed by atoms with Crippen LogP contribution in [-0.4, -0.2) is 41.6 Å². The highest BCUT2D eigenvalue weighted by atomic mass is 16.3. The van der Waals surface area contributed by atoms with Crippen molar-refractivity contribution in [1.29, 1.82) is 0 Å². The molecule has 0 aliphatic heterocycles. The Morgan fingerprint density at radius 3 is 2.19 bits per heavy atom. The van der Waals surface area contributed by atoms with Crippen molar-refractivity contribution in [2.75, 3.05) is 36.9 Å². The highest BCUT2D eigenvalue weighted by Crippen LogP contribution is 2.35. The summed E-state index contributed by atoms with van der Waals surface area (Å²) in [4.78, 5) is 1.86. The molecule has 0 aromatic heterocycles. The van der Waals surface area contributed by atoms with E-state index in [2.05, 4.69) is 0 Å². The molecule has 0 saturated heterocycles. The van der Waals surface area contributed by atoms with Crippen molar-refractivity contribution in [2.24, 2.45) is 0 Å². The second kappa shape index (κ2) is 6.97. The van der Waals surface area contributed by atoms with E-state index in [0.717, 1.165) is 11.3 Å². The molecule has 112 valence electrons. The van der Waals surface area contributed by atoms with Crippen LogP contribution in [0.5, 0.6) is 5.75 Å². The molecule has 5 nitrogen and oxygen atoms in total. The van der Waals surface area contributed by atoms with Crippen LogP contribution in [0.1, 0.15) is 0 Å². The van der Waals surface area contributed by atoms with Gasteiger partial charge in [0.2, 0.25) is 0 Å². The minimum Gasteiger partial charge on any atom is -0.507 e. The highest BCUT2D eigenvalue weighted by Gasteiger charge is 2.11. The van der Waals surface area contributed by atoms with Crippen molar-refractivity contribution in [3.63, 3.8) is 0 Å². The molecule has 21 heavy (non-hydrogen) atoms. The highest BCUT2D eigenvalue weighted by molar-refractivity contribution is 5.83. The molecule has 2 aromatic carbocycles. The maximum Gasteiger partial charge on any atom is 0.123 e. The van der Waals surface area contributed by atoms with Crippen LogP contribution in [0.25, 0.3) is 11.1 Å². The molecule has 0 aliphatic rings. The van der Waals surface area contributed by atoms with Gasteiger partial charge in [0.25, 0.3) is 0 Å². The van der Waals surface area contributed by atoms with Crippen molar-refractivity contribution in [2.45, 2.75) is 0 Å². The molecule has 0 heterocycles. The lowest BCUT2D eigenvalue weighted by molar-refractivity contribution is 0.281. The van der Waals surface area contributed by atoms with Gasteiger partial charge in [0.05, 0.1) is 13.2 Å². The third-order valence-electron chi connectivity index (χ3n) is 3.34. The maximum atomic E-state index is 9.98. The first kappa shape index (κ1) is 15.2. The molecule has 5 N–H and O–H groups in total. The van der Waals surface area contributed by atoms with Crippen LogP contribution in [0, 0.1) is 0 Å². The number of benzene rings is 2. The quantitative estimate of drug-likeness (QED) is 0.604. The Balaban J connectivity index is 2.43. The van der Waals surface area contributed by atoms with E-state index in [4.69, 9.17) is 15.9 Å². The van der Waals surface area contributed by atoms with Crippen LogP contribution < -0.4 is 10.6 Å². The van der Waals surface area contributed by atoms with E-state index in [1.807, 2.05) is 23.1 Å². The number of aliphatic hydroxyl groups excluding tert-OH is 2. The SMILES string of the molecule is Nc1ccc(N(CCO)CCO)cc1-c1ccccc1O. The Bertz CT molecular complexity index is 596. The molecule has 0 atom stereocenters. The van der Waals surface area contributed by atoms with Crippen molar-refractivity contribution < 1.29 is 15.3 Å². The Hall–Kier alpha value is -2.24. The normalized spacial score (nSPS) is 10.6. The third kappa shape index (κ3) is 3.45. The number of phenols is 1. The topological polar surface area (TPSA) is 90.0 Å². The molecule has 0 unspecified atom stereocenters. The summed E-state index contributed by atoms with van der Waals surface area (Å²) in [5.74, 6) is 0.164. The molecular weight excluding hydrogens is 268 g/mol. The van der Waals surface area contributed by atoms with Gasteiger partial charge in [-0.15, -0.1) is 0 Å². The van der Waals surface area contributed by atoms with E-state index < -0.39 is 0 Å². The zero-order valence-electron chi connectivity index (χ0n) is 11.7. The third-order valence-corrected chi connectivity index (χ3v) is 3.34. The molecule has 5 heteroatoms. The number of nitrogens with zero attached hydrogens (tertiary/aromatic N) is 1. The van der Waals surface area contributed by atoms with Crippen molar-refractivity contribution in [3.05, 3.63) is 42.5 Å². The maximum absolute atomic E-state index is 9.98. The number of aromatic hydroxyl groups is 1. The van der Waals surface area contributed by atoms with E-state index in [9.17, 15) is 5.11 Å². The predicted octanol–water partition coefficient (Wildman–Crippen LogP) is 1.43. The van der Waals surface area contributed by atoms with Crippen LogP contribution in [0.4, 0.5) is 11.4 Å². The molecule has 0 aliphatic carbocycles. The first-order valence-electron chi connectivity index (χ1n) is 6.82. The Labute approximate surface area is 123 Å². The molecule has 0 fully saturated rings. The molecule has 0 spiro atoms. The van der Waals surface area contributed by atoms with Gasteiger partial charge in [0.1, 0.15) is 5.75 Å². The number of nitrogen functional groups attached to an aromatic ring is 1. The minimum atomic E-state index is -0.00367. The van der Waals surface area contributed by atoms with E-state index in [0.29, 0.717) is 24.3 Å². The van der Waals surface area contributed by atoms with Gasteiger partial charge in [0.15, 0.2) is 0 Å². The van der Waals surface area contributed by atoms with Gasteiger partial charge in [-0.3, -0.25) is 0 Å². The van der Waals surface area contributed by atoms with Crippen LogP contribution in [0.3, 0.4) is 0 Å². The molecular formula is C16H20N2O3. The Morgan fingerprint density at radius 1 is 0.905 bits per heavy atom. The van der Waals surface area contributed by atoms with E-state index in [1.54, 1.807) is 24.3 Å². The largest absolute Gasteiger partial charge is 0.507 e. The van der Waals surface area contributed by atoms with Crippen molar-refractivity contribution in [1.82, 2.24) is 0 Å². The summed E-state index contributed by atoms with van der Waals surface area (Å²) >= 11 is 0. The van der Waals surface area contributed by atoms with Crippen LogP contribution >= 0.6 is 0 Å². The van der Waals surface area contributed by atoms with Crippen LogP contribution in [0.15, 0.2) is 42.5 Å². The number of nitrogens with two attached hydrogens (primary N) is 1. The average molecular weight is 288 g/mol.